The second-order valence-electron chi connectivity index (χ2n) is 16.9. The highest BCUT2D eigenvalue weighted by atomic mass is 16.5. The molecule has 0 amide bonds. The average Bonchev–Trinajstić information content (AvgIpc) is 3.60. The second-order valence-corrected chi connectivity index (χ2v) is 16.9. The molecule has 264 valence electrons. The van der Waals surface area contributed by atoms with Crippen LogP contribution in [0.2, 0.25) is 0 Å². The van der Waals surface area contributed by atoms with Crippen LogP contribution in [0.25, 0.3) is 0 Å². The van der Waals surface area contributed by atoms with Crippen molar-refractivity contribution in [1.82, 2.24) is 4.57 Å². The van der Waals surface area contributed by atoms with Gasteiger partial charge in [0, 0.05) is 45.5 Å². The van der Waals surface area contributed by atoms with Gasteiger partial charge in [-0.05, 0) is 59.6 Å². The summed E-state index contributed by atoms with van der Waals surface area (Å²) in [4.78, 5) is 0. The first-order valence-corrected chi connectivity index (χ1v) is 18.7. The second kappa shape index (κ2) is 13.2. The maximum atomic E-state index is 7.58. The number of allylic oxidation sites excluding steroid dienone is 1. The Hall–Kier alpha value is -4.05. The predicted octanol–water partition coefficient (Wildman–Crippen LogP) is 11.4. The van der Waals surface area contributed by atoms with Crippen LogP contribution in [-0.2, 0) is 28.1 Å². The highest BCUT2D eigenvalue weighted by Gasteiger charge is 2.53. The molecule has 0 radical (unpaired) electrons. The number of aromatic nitrogens is 1. The molecule has 6 rings (SSSR count). The Balaban J connectivity index is 1.71. The van der Waals surface area contributed by atoms with Gasteiger partial charge < -0.3 is 9.47 Å². The number of aryl methyl sites for hydroxylation is 1. The van der Waals surface area contributed by atoms with Crippen LogP contribution in [0.3, 0.4) is 0 Å². The Bertz CT molecular complexity index is 1850. The molecular weight excluding hydrogens is 613 g/mol. The van der Waals surface area contributed by atoms with Gasteiger partial charge in [-0.1, -0.05) is 130 Å². The minimum atomic E-state index is -0.321. The van der Waals surface area contributed by atoms with Gasteiger partial charge in [0.25, 0.3) is 0 Å². The van der Waals surface area contributed by atoms with E-state index in [1.807, 2.05) is 0 Å². The van der Waals surface area contributed by atoms with Crippen molar-refractivity contribution in [3.8, 4) is 11.5 Å². The quantitative estimate of drug-likeness (QED) is 0.138. The molecule has 0 saturated heterocycles. The summed E-state index contributed by atoms with van der Waals surface area (Å²) in [6.07, 6.45) is 13.2. The Morgan fingerprint density at radius 3 is 2.04 bits per heavy atom. The lowest BCUT2D eigenvalue weighted by Crippen LogP contribution is -2.47. The zero-order valence-electron chi connectivity index (χ0n) is 32.4. The van der Waals surface area contributed by atoms with E-state index in [0.717, 1.165) is 37.2 Å². The number of methoxy groups -OCH3 is 1. The molecular formula is C46H59N2O2+. The average molecular weight is 672 g/mol. The first kappa shape index (κ1) is 35.8. The summed E-state index contributed by atoms with van der Waals surface area (Å²) in [5, 5.41) is 0. The highest BCUT2D eigenvalue weighted by molar-refractivity contribution is 5.91. The molecule has 4 nitrogen and oxygen atoms in total. The number of fused-ring (bicyclic) bond motifs is 2. The fourth-order valence-corrected chi connectivity index (χ4v) is 8.39. The van der Waals surface area contributed by atoms with Crippen LogP contribution in [0, 0.1) is 0 Å². The fourth-order valence-electron chi connectivity index (χ4n) is 8.39. The zero-order valence-corrected chi connectivity index (χ0v) is 32.4. The summed E-state index contributed by atoms with van der Waals surface area (Å²) in [6.45, 7) is 23.2. The maximum Gasteiger partial charge on any atom is 0.247 e. The standard InChI is InChI=1S/C46H59N2O2/c1-12-20-32-21-19-24-35-41(32)48-38(31-40(48)47-27-17-18-28-47)39(25-26-46(10,45(35,9)13-2)33-22-15-14-16-23-33)50-42-36(43(3,4)5)29-34(49-11)30-37(42)44(6,7)8/h14-19,21-30,39-40H,12-13,20,31H2,1-11H3/q+1. The van der Waals surface area contributed by atoms with E-state index >= 15 is 0 Å². The van der Waals surface area contributed by atoms with Crippen LogP contribution in [-0.4, -0.2) is 28.1 Å². The normalized spacial score (nSPS) is 23.7. The Morgan fingerprint density at radius 2 is 1.48 bits per heavy atom. The summed E-state index contributed by atoms with van der Waals surface area (Å²) in [5.74, 6) is 1.84. The number of nitrogens with zero attached hydrogens (tertiary/aromatic N) is 2. The largest absolute Gasteiger partial charge is 0.497 e. The van der Waals surface area contributed by atoms with Crippen LogP contribution in [0.15, 0.2) is 97.3 Å². The maximum absolute atomic E-state index is 7.58. The summed E-state index contributed by atoms with van der Waals surface area (Å²) in [7, 11) is 1.76. The van der Waals surface area contributed by atoms with Crippen LogP contribution < -0.4 is 9.47 Å². The number of hydrogen-bond donors (Lipinski definition) is 0. The van der Waals surface area contributed by atoms with Gasteiger partial charge in [-0.3, -0.25) is 4.57 Å². The van der Waals surface area contributed by atoms with Gasteiger partial charge in [0.2, 0.25) is 17.6 Å². The topological polar surface area (TPSA) is 26.4 Å². The molecule has 4 heteroatoms. The summed E-state index contributed by atoms with van der Waals surface area (Å²) in [5.41, 5.74) is 8.27. The van der Waals surface area contributed by atoms with Crippen molar-refractivity contribution in [2.45, 2.75) is 129 Å². The van der Waals surface area contributed by atoms with Crippen molar-refractivity contribution in [3.63, 3.8) is 0 Å². The van der Waals surface area contributed by atoms with Crippen molar-refractivity contribution in [3.05, 3.63) is 125 Å². The van der Waals surface area contributed by atoms with Gasteiger partial charge in [0.15, 0.2) is 6.10 Å². The first-order chi connectivity index (χ1) is 23.7. The van der Waals surface area contributed by atoms with Crippen molar-refractivity contribution in [1.29, 1.82) is 0 Å². The van der Waals surface area contributed by atoms with E-state index in [4.69, 9.17) is 9.47 Å². The summed E-state index contributed by atoms with van der Waals surface area (Å²) >= 11 is 0. The van der Waals surface area contributed by atoms with E-state index in [1.165, 1.54) is 39.2 Å². The molecule has 0 spiro atoms. The molecule has 0 saturated carbocycles. The lowest BCUT2D eigenvalue weighted by Gasteiger charge is -2.46. The Labute approximate surface area is 301 Å². The number of ether oxygens (including phenoxy) is 2. The van der Waals surface area contributed by atoms with Crippen LogP contribution >= 0.6 is 0 Å². The van der Waals surface area contributed by atoms with Crippen molar-refractivity contribution in [2.24, 2.45) is 0 Å². The van der Waals surface area contributed by atoms with Gasteiger partial charge in [-0.15, -0.1) is 0 Å². The minimum Gasteiger partial charge on any atom is -0.497 e. The molecule has 3 heterocycles. The fraction of sp³-hybridized carbons (Fsp3) is 0.457. The van der Waals surface area contributed by atoms with Crippen molar-refractivity contribution in [2.75, 3.05) is 7.11 Å². The van der Waals surface area contributed by atoms with E-state index in [-0.39, 0.29) is 33.9 Å². The summed E-state index contributed by atoms with van der Waals surface area (Å²) in [6, 6.07) is 26.9. The number of benzene rings is 3. The van der Waals surface area contributed by atoms with E-state index in [1.54, 1.807) is 7.11 Å². The monoisotopic (exact) mass is 671 g/mol. The SMILES string of the molecule is CCCc1cccc2c1[N+]1=C(CC1n1cccc1)C(Oc1c(C(C)(C)C)cc(OC)cc1C(C)(C)C)C=CC(C)(c1ccccc1)C2(C)CC. The molecule has 4 atom stereocenters. The Morgan fingerprint density at radius 1 is 0.840 bits per heavy atom. The number of rotatable bonds is 8. The molecule has 4 unspecified atom stereocenters. The highest BCUT2D eigenvalue weighted by Crippen LogP contribution is 2.54. The van der Waals surface area contributed by atoms with Crippen molar-refractivity contribution < 1.29 is 14.0 Å². The minimum absolute atomic E-state index is 0.163. The molecule has 2 aliphatic heterocycles. The van der Waals surface area contributed by atoms with Gasteiger partial charge in [-0.25, -0.2) is 0 Å². The lowest BCUT2D eigenvalue weighted by atomic mass is 9.57. The molecule has 1 aromatic heterocycles. The van der Waals surface area contributed by atoms with Crippen LogP contribution in [0.5, 0.6) is 11.5 Å². The van der Waals surface area contributed by atoms with Crippen LogP contribution in [0.1, 0.15) is 122 Å². The van der Waals surface area contributed by atoms with Gasteiger partial charge in [-0.2, -0.15) is 4.58 Å². The zero-order chi connectivity index (χ0) is 36.1. The van der Waals surface area contributed by atoms with Gasteiger partial charge in [0.1, 0.15) is 17.9 Å². The van der Waals surface area contributed by atoms with Crippen molar-refractivity contribution >= 4 is 11.4 Å². The van der Waals surface area contributed by atoms with E-state index in [0.29, 0.717) is 0 Å². The van der Waals surface area contributed by atoms with Gasteiger partial charge in [0.05, 0.1) is 7.11 Å². The molecule has 3 aromatic carbocycles. The van der Waals surface area contributed by atoms with E-state index in [2.05, 4.69) is 176 Å². The molecule has 0 aliphatic carbocycles. The molecule has 0 N–H and O–H groups in total. The van der Waals surface area contributed by atoms with E-state index < -0.39 is 0 Å². The number of hydrogen-bond acceptors (Lipinski definition) is 2. The summed E-state index contributed by atoms with van der Waals surface area (Å²) < 4.78 is 18.5. The molecule has 4 aromatic rings. The number of para-hydroxylation sites is 1. The first-order valence-electron chi connectivity index (χ1n) is 18.7. The Kier molecular flexibility index (Phi) is 9.48. The smallest absolute Gasteiger partial charge is 0.247 e. The van der Waals surface area contributed by atoms with Gasteiger partial charge >= 0.3 is 0 Å². The third-order valence-corrected chi connectivity index (χ3v) is 11.8. The third kappa shape index (κ3) is 6.03. The molecule has 50 heavy (non-hydrogen) atoms. The molecule has 0 bridgehead atoms. The van der Waals surface area contributed by atoms with E-state index in [9.17, 15) is 0 Å². The predicted molar refractivity (Wildman–Crippen MR) is 209 cm³/mol. The molecule has 2 aliphatic rings. The van der Waals surface area contributed by atoms with Crippen LogP contribution in [0.4, 0.5) is 5.69 Å². The lowest BCUT2D eigenvalue weighted by molar-refractivity contribution is -0.545. The molecule has 0 fully saturated rings. The third-order valence-electron chi connectivity index (χ3n) is 11.8.